The van der Waals surface area contributed by atoms with Crippen LogP contribution in [-0.2, 0) is 0 Å². The number of halogens is 1. The minimum Gasteiger partial charge on any atom is -0.259 e. The molecule has 0 atom stereocenters. The van der Waals surface area contributed by atoms with Crippen molar-refractivity contribution in [3.8, 4) is 0 Å². The highest BCUT2D eigenvalue weighted by molar-refractivity contribution is 6.17. The molecule has 1 heterocycles. The van der Waals surface area contributed by atoms with Gasteiger partial charge in [-0.15, -0.1) is 11.6 Å². The van der Waals surface area contributed by atoms with Gasteiger partial charge in [-0.3, -0.25) is 15.0 Å². The highest BCUT2D eigenvalue weighted by Gasteiger charge is 1.85. The molecule has 0 aliphatic carbocycles. The molecule has 0 bridgehead atoms. The van der Waals surface area contributed by atoms with Gasteiger partial charge in [-0.25, -0.2) is 14.4 Å². The lowest BCUT2D eigenvalue weighted by Crippen LogP contribution is -2.34. The monoisotopic (exact) mass is 235 g/mol. The van der Waals surface area contributed by atoms with Crippen LogP contribution in [0.2, 0.25) is 0 Å². The minimum absolute atomic E-state index is 0.802. The molecule has 0 aliphatic heterocycles. The quantitative estimate of drug-likeness (QED) is 0.514. The summed E-state index contributed by atoms with van der Waals surface area (Å²) < 4.78 is 0. The zero-order valence-electron chi connectivity index (χ0n) is 8.43. The lowest BCUT2D eigenvalue weighted by molar-refractivity contribution is 0.776. The Labute approximate surface area is 90.7 Å². The molecule has 3 N–H and O–H groups in total. The van der Waals surface area contributed by atoms with Crippen molar-refractivity contribution in [2.75, 3.05) is 5.88 Å². The molecule has 1 aromatic heterocycles. The van der Waals surface area contributed by atoms with E-state index in [0.717, 1.165) is 5.88 Å². The third kappa shape index (κ3) is 7.75. The van der Waals surface area contributed by atoms with Crippen LogP contribution in [0.25, 0.3) is 0 Å². The molecule has 1 rings (SSSR count). The van der Waals surface area contributed by atoms with E-state index in [0.29, 0.717) is 0 Å². The molecule has 0 aliphatic rings. The van der Waals surface area contributed by atoms with Gasteiger partial charge in [-0.2, -0.15) is 0 Å². The summed E-state index contributed by atoms with van der Waals surface area (Å²) in [5.41, 5.74) is -2.41. The fourth-order valence-corrected chi connectivity index (χ4v) is 0.937. The van der Waals surface area contributed by atoms with Crippen LogP contribution in [0.3, 0.4) is 0 Å². The number of aromatic nitrogens is 3. The summed E-state index contributed by atoms with van der Waals surface area (Å²) >= 11 is 5.38. The number of nitrogens with one attached hydrogen (secondary N) is 3. The number of hydrogen-bond acceptors (Lipinski definition) is 3. The Balaban J connectivity index is 0.000000288. The predicted molar refractivity (Wildman–Crippen MR) is 58.5 cm³/mol. The Morgan fingerprint density at radius 3 is 1.53 bits per heavy atom. The zero-order chi connectivity index (χ0) is 11.7. The van der Waals surface area contributed by atoms with Crippen LogP contribution in [-0.4, -0.2) is 20.8 Å². The Bertz CT molecular complexity index is 337. The Hall–Kier alpha value is -1.30. The number of H-pyrrole nitrogens is 3. The fraction of sp³-hybridized carbons (Fsp3) is 0.625. The third-order valence-corrected chi connectivity index (χ3v) is 1.69. The van der Waals surface area contributed by atoms with Crippen LogP contribution in [0.5, 0.6) is 0 Å². The summed E-state index contributed by atoms with van der Waals surface area (Å²) in [6, 6.07) is 0. The van der Waals surface area contributed by atoms with Gasteiger partial charge in [0.2, 0.25) is 0 Å². The van der Waals surface area contributed by atoms with E-state index < -0.39 is 17.1 Å². The molecular weight excluding hydrogens is 222 g/mol. The van der Waals surface area contributed by atoms with Gasteiger partial charge in [0.05, 0.1) is 0 Å². The number of hydrogen-bond donors (Lipinski definition) is 3. The maximum Gasteiger partial charge on any atom is 0.330 e. The van der Waals surface area contributed by atoms with Crippen LogP contribution in [0, 0.1) is 0 Å². The fourth-order valence-electron chi connectivity index (χ4n) is 0.748. The molecule has 0 aromatic carbocycles. The molecule has 15 heavy (non-hydrogen) atoms. The van der Waals surface area contributed by atoms with Crippen molar-refractivity contribution < 1.29 is 0 Å². The van der Waals surface area contributed by atoms with Crippen molar-refractivity contribution in [2.24, 2.45) is 0 Å². The van der Waals surface area contributed by atoms with Gasteiger partial charge < -0.3 is 0 Å². The molecule has 0 unspecified atom stereocenters. The van der Waals surface area contributed by atoms with Crippen LogP contribution >= 0.6 is 11.6 Å². The molecule has 1 aromatic rings. The molecule has 0 spiro atoms. The van der Waals surface area contributed by atoms with Gasteiger partial charge in [0, 0.05) is 5.88 Å². The summed E-state index contributed by atoms with van der Waals surface area (Å²) in [7, 11) is 0. The van der Waals surface area contributed by atoms with Crippen LogP contribution in [0.4, 0.5) is 0 Å². The van der Waals surface area contributed by atoms with E-state index in [9.17, 15) is 14.4 Å². The Morgan fingerprint density at radius 1 is 0.933 bits per heavy atom. The van der Waals surface area contributed by atoms with Crippen molar-refractivity contribution in [1.82, 2.24) is 15.0 Å². The maximum absolute atomic E-state index is 10.2. The summed E-state index contributed by atoms with van der Waals surface area (Å²) in [6.45, 7) is 2.17. The maximum atomic E-state index is 10.2. The van der Waals surface area contributed by atoms with E-state index in [2.05, 4.69) is 6.92 Å². The van der Waals surface area contributed by atoms with Gasteiger partial charge in [-0.1, -0.05) is 19.8 Å². The normalized spacial score (nSPS) is 9.20. The average molecular weight is 236 g/mol. The van der Waals surface area contributed by atoms with Gasteiger partial charge in [0.15, 0.2) is 0 Å². The molecule has 0 amide bonds. The smallest absolute Gasteiger partial charge is 0.259 e. The van der Waals surface area contributed by atoms with Gasteiger partial charge in [0.25, 0.3) is 0 Å². The Morgan fingerprint density at radius 2 is 1.33 bits per heavy atom. The number of aromatic amines is 3. The van der Waals surface area contributed by atoms with Crippen molar-refractivity contribution >= 4 is 11.6 Å². The Kier molecular flexibility index (Phi) is 7.35. The topological polar surface area (TPSA) is 98.6 Å². The van der Waals surface area contributed by atoms with Gasteiger partial charge >= 0.3 is 17.1 Å². The summed E-state index contributed by atoms with van der Waals surface area (Å²) in [6.07, 6.45) is 3.73. The first-order valence-corrected chi connectivity index (χ1v) is 5.12. The van der Waals surface area contributed by atoms with Gasteiger partial charge in [0.1, 0.15) is 0 Å². The molecule has 6 nitrogen and oxygen atoms in total. The highest BCUT2D eigenvalue weighted by atomic mass is 35.5. The van der Waals surface area contributed by atoms with Crippen molar-refractivity contribution in [2.45, 2.75) is 26.2 Å². The van der Waals surface area contributed by atoms with Crippen LogP contribution in [0.1, 0.15) is 26.2 Å². The SMILES string of the molecule is CCCCCCl.O=c1[nH]c(=O)[nH]c(=O)[nH]1. The largest absolute Gasteiger partial charge is 0.330 e. The van der Waals surface area contributed by atoms with Gasteiger partial charge in [-0.05, 0) is 6.42 Å². The molecule has 7 heteroatoms. The van der Waals surface area contributed by atoms with E-state index in [1.54, 1.807) is 15.0 Å². The van der Waals surface area contributed by atoms with E-state index in [1.807, 2.05) is 0 Å². The van der Waals surface area contributed by atoms with Crippen molar-refractivity contribution in [3.63, 3.8) is 0 Å². The lowest BCUT2D eigenvalue weighted by Gasteiger charge is -1.84. The third-order valence-electron chi connectivity index (χ3n) is 1.42. The molecule has 0 saturated heterocycles. The standard InChI is InChI=1S/C5H11Cl.C3H3N3O3/c1-2-3-4-5-6;7-1-4-2(8)6-3(9)5-1/h2-5H2,1H3;(H3,4,5,6,7,8,9). The van der Waals surface area contributed by atoms with E-state index in [1.165, 1.54) is 19.3 Å². The highest BCUT2D eigenvalue weighted by Crippen LogP contribution is 1.93. The number of alkyl halides is 1. The molecule has 0 radical (unpaired) electrons. The second kappa shape index (κ2) is 8.05. The number of rotatable bonds is 3. The first-order chi connectivity index (χ1) is 7.10. The molecule has 0 saturated carbocycles. The van der Waals surface area contributed by atoms with E-state index in [4.69, 9.17) is 11.6 Å². The second-order valence-corrected chi connectivity index (χ2v) is 3.14. The predicted octanol–water partition coefficient (Wildman–Crippen LogP) is 0.167. The molecular formula is C8H14ClN3O3. The minimum atomic E-state index is -0.802. The summed E-state index contributed by atoms with van der Waals surface area (Å²) in [5.74, 6) is 0.827. The van der Waals surface area contributed by atoms with Crippen molar-refractivity contribution in [1.29, 1.82) is 0 Å². The van der Waals surface area contributed by atoms with E-state index >= 15 is 0 Å². The van der Waals surface area contributed by atoms with Crippen molar-refractivity contribution in [3.05, 3.63) is 31.5 Å². The molecule has 86 valence electrons. The summed E-state index contributed by atoms with van der Waals surface area (Å²) in [4.78, 5) is 35.9. The summed E-state index contributed by atoms with van der Waals surface area (Å²) in [5, 5.41) is 0. The van der Waals surface area contributed by atoms with Crippen LogP contribution < -0.4 is 17.1 Å². The number of unbranched alkanes of at least 4 members (excludes halogenated alkanes) is 2. The first-order valence-electron chi connectivity index (χ1n) is 4.59. The first kappa shape index (κ1) is 13.7. The average Bonchev–Trinajstić information content (AvgIpc) is 2.13. The van der Waals surface area contributed by atoms with Crippen LogP contribution in [0.15, 0.2) is 14.4 Å². The zero-order valence-corrected chi connectivity index (χ0v) is 9.19. The van der Waals surface area contributed by atoms with E-state index in [-0.39, 0.29) is 0 Å². The second-order valence-electron chi connectivity index (χ2n) is 2.76. The molecule has 0 fully saturated rings. The lowest BCUT2D eigenvalue weighted by atomic mass is 10.3.